The summed E-state index contributed by atoms with van der Waals surface area (Å²) < 4.78 is 31.1. The van der Waals surface area contributed by atoms with Crippen molar-refractivity contribution in [3.05, 3.63) is 35.4 Å². The number of hydrogen-bond acceptors (Lipinski definition) is 3. The summed E-state index contributed by atoms with van der Waals surface area (Å²) in [5.74, 6) is 0.471. The van der Waals surface area contributed by atoms with Gasteiger partial charge in [0.1, 0.15) is 0 Å². The third-order valence-corrected chi connectivity index (χ3v) is 6.73. The van der Waals surface area contributed by atoms with Crippen molar-refractivity contribution in [1.82, 2.24) is 0 Å². The Morgan fingerprint density at radius 3 is 2.23 bits per heavy atom. The molecule has 3 rings (SSSR count). The maximum atomic E-state index is 12.7. The second-order valence-corrected chi connectivity index (χ2v) is 8.54. The highest BCUT2D eigenvalue weighted by Crippen LogP contribution is 2.65. The Bertz CT molecular complexity index is 771. The van der Waals surface area contributed by atoms with E-state index in [9.17, 15) is 13.2 Å². The second-order valence-electron chi connectivity index (χ2n) is 7.12. The molecule has 0 spiro atoms. The lowest BCUT2D eigenvalue weighted by Gasteiger charge is -2.31. The molecule has 0 amide bonds. The van der Waals surface area contributed by atoms with Crippen LogP contribution in [0.3, 0.4) is 0 Å². The molecule has 1 aromatic carbocycles. The average Bonchev–Trinajstić information content (AvgIpc) is 2.73. The molecular weight excluding hydrogens is 300 g/mol. The molecule has 0 aliphatic heterocycles. The molecule has 2 saturated carbocycles. The van der Waals surface area contributed by atoms with Gasteiger partial charge in [-0.2, -0.15) is 8.42 Å². The summed E-state index contributed by atoms with van der Waals surface area (Å²) in [6.45, 7) is 6.37. The summed E-state index contributed by atoms with van der Waals surface area (Å²) in [5.41, 5.74) is 1.29. The minimum absolute atomic E-state index is 0.0374. The maximum absolute atomic E-state index is 12.7. The van der Waals surface area contributed by atoms with Crippen molar-refractivity contribution in [2.75, 3.05) is 0 Å². The van der Waals surface area contributed by atoms with Gasteiger partial charge in [0.15, 0.2) is 5.78 Å². The number of allylic oxidation sites excluding steroid dienone is 1. The predicted molar refractivity (Wildman–Crippen MR) is 83.9 cm³/mol. The van der Waals surface area contributed by atoms with Crippen molar-refractivity contribution >= 4 is 22.0 Å². The average molecular weight is 320 g/mol. The van der Waals surface area contributed by atoms with Gasteiger partial charge in [0, 0.05) is 5.41 Å². The molecule has 1 aromatic rings. The zero-order valence-electron chi connectivity index (χ0n) is 13.0. The molecule has 2 aliphatic carbocycles. The van der Waals surface area contributed by atoms with Crippen molar-refractivity contribution in [3.8, 4) is 0 Å². The first-order chi connectivity index (χ1) is 10.1. The molecule has 1 N–H and O–H groups in total. The van der Waals surface area contributed by atoms with Crippen LogP contribution in [0.1, 0.15) is 39.2 Å². The molecule has 0 saturated heterocycles. The molecular formula is C17H20O4S. The van der Waals surface area contributed by atoms with Gasteiger partial charge in [-0.15, -0.1) is 0 Å². The van der Waals surface area contributed by atoms with E-state index in [0.717, 1.165) is 24.0 Å². The first-order valence-electron chi connectivity index (χ1n) is 7.41. The smallest absolute Gasteiger partial charge is 0.294 e. The van der Waals surface area contributed by atoms with Gasteiger partial charge >= 0.3 is 0 Å². The first-order valence-corrected chi connectivity index (χ1v) is 8.85. The van der Waals surface area contributed by atoms with Gasteiger partial charge in [-0.3, -0.25) is 9.35 Å². The van der Waals surface area contributed by atoms with Crippen molar-refractivity contribution < 1.29 is 17.8 Å². The summed E-state index contributed by atoms with van der Waals surface area (Å²) >= 11 is 0. The number of carbonyl (C=O) groups is 1. The van der Waals surface area contributed by atoms with Crippen LogP contribution in [0.5, 0.6) is 0 Å². The van der Waals surface area contributed by atoms with E-state index in [0.29, 0.717) is 0 Å². The van der Waals surface area contributed by atoms with E-state index in [-0.39, 0.29) is 27.4 Å². The number of benzene rings is 1. The van der Waals surface area contributed by atoms with Crippen LogP contribution in [0.4, 0.5) is 0 Å². The molecule has 0 unspecified atom stereocenters. The van der Waals surface area contributed by atoms with E-state index in [1.54, 1.807) is 12.1 Å². The molecule has 22 heavy (non-hydrogen) atoms. The standard InChI is InChI=1S/C17H20O4S/c1-16(2)14-8-9-17(16,3)15(18)13(14)10-11-4-6-12(7-5-11)22(19,20)21/h4-7,10,14H,8-9H2,1-3H3,(H,19,20,21)/b13-10-/t14-,17+/m1/s1. The number of fused-ring (bicyclic) bond motifs is 2. The molecule has 0 radical (unpaired) electrons. The molecule has 4 nitrogen and oxygen atoms in total. The van der Waals surface area contributed by atoms with Crippen LogP contribution in [-0.4, -0.2) is 18.8 Å². The quantitative estimate of drug-likeness (QED) is 0.670. The molecule has 0 heterocycles. The van der Waals surface area contributed by atoms with Gasteiger partial charge in [0.2, 0.25) is 0 Å². The van der Waals surface area contributed by atoms with Crippen molar-refractivity contribution in [3.63, 3.8) is 0 Å². The van der Waals surface area contributed by atoms with Gasteiger partial charge in [0.05, 0.1) is 4.90 Å². The zero-order chi connectivity index (χ0) is 16.3. The van der Waals surface area contributed by atoms with Crippen molar-refractivity contribution in [1.29, 1.82) is 0 Å². The highest BCUT2D eigenvalue weighted by molar-refractivity contribution is 7.85. The summed E-state index contributed by atoms with van der Waals surface area (Å²) in [7, 11) is -4.18. The first kappa shape index (κ1) is 15.4. The maximum Gasteiger partial charge on any atom is 0.294 e. The SMILES string of the molecule is CC1(C)[C@@H]2CC[C@@]1(C)C(=O)/C2=C\c1ccc(S(=O)(=O)O)cc1. The third kappa shape index (κ3) is 1.99. The van der Waals surface area contributed by atoms with E-state index >= 15 is 0 Å². The number of hydrogen-bond donors (Lipinski definition) is 1. The Hall–Kier alpha value is -1.46. The lowest BCUT2D eigenvalue weighted by atomic mass is 9.70. The highest BCUT2D eigenvalue weighted by atomic mass is 32.2. The van der Waals surface area contributed by atoms with Crippen LogP contribution in [0.15, 0.2) is 34.7 Å². The van der Waals surface area contributed by atoms with E-state index in [1.807, 2.05) is 6.08 Å². The Kier molecular flexibility index (Phi) is 3.17. The van der Waals surface area contributed by atoms with E-state index in [1.165, 1.54) is 12.1 Å². The van der Waals surface area contributed by atoms with Crippen LogP contribution in [0.25, 0.3) is 6.08 Å². The molecule has 2 fully saturated rings. The predicted octanol–water partition coefficient (Wildman–Crippen LogP) is 3.34. The highest BCUT2D eigenvalue weighted by Gasteiger charge is 2.63. The van der Waals surface area contributed by atoms with Crippen LogP contribution >= 0.6 is 0 Å². The van der Waals surface area contributed by atoms with E-state index in [4.69, 9.17) is 4.55 Å². The molecule has 2 bridgehead atoms. The topological polar surface area (TPSA) is 71.4 Å². The Labute approximate surface area is 131 Å². The summed E-state index contributed by atoms with van der Waals surface area (Å²) in [6.07, 6.45) is 3.82. The Morgan fingerprint density at radius 2 is 1.77 bits per heavy atom. The monoisotopic (exact) mass is 320 g/mol. The molecule has 2 atom stereocenters. The number of Topliss-reactive ketones (excluding diaryl/α,β-unsaturated/α-hetero) is 1. The number of carbonyl (C=O) groups excluding carboxylic acids is 1. The minimum Gasteiger partial charge on any atom is -0.294 e. The summed E-state index contributed by atoms with van der Waals surface area (Å²) in [4.78, 5) is 12.6. The summed E-state index contributed by atoms with van der Waals surface area (Å²) in [5, 5.41) is 0. The Balaban J connectivity index is 1.99. The second kappa shape index (κ2) is 4.52. The van der Waals surface area contributed by atoms with E-state index in [2.05, 4.69) is 20.8 Å². The fraction of sp³-hybridized carbons (Fsp3) is 0.471. The van der Waals surface area contributed by atoms with Crippen LogP contribution in [-0.2, 0) is 14.9 Å². The fourth-order valence-electron chi connectivity index (χ4n) is 4.01. The molecule has 2 aliphatic rings. The zero-order valence-corrected chi connectivity index (χ0v) is 13.8. The van der Waals surface area contributed by atoms with Crippen LogP contribution in [0, 0.1) is 16.7 Å². The molecule has 5 heteroatoms. The normalized spacial score (nSPS) is 31.9. The fourth-order valence-corrected chi connectivity index (χ4v) is 4.49. The van der Waals surface area contributed by atoms with Gasteiger partial charge in [-0.05, 0) is 53.5 Å². The van der Waals surface area contributed by atoms with Gasteiger partial charge < -0.3 is 0 Å². The lowest BCUT2D eigenvalue weighted by molar-refractivity contribution is -0.125. The van der Waals surface area contributed by atoms with Gasteiger partial charge in [-0.1, -0.05) is 32.9 Å². The van der Waals surface area contributed by atoms with Crippen LogP contribution in [0.2, 0.25) is 0 Å². The summed E-state index contributed by atoms with van der Waals surface area (Å²) in [6, 6.07) is 5.94. The van der Waals surface area contributed by atoms with Crippen LogP contribution < -0.4 is 0 Å². The van der Waals surface area contributed by atoms with E-state index < -0.39 is 10.1 Å². The lowest BCUT2D eigenvalue weighted by Crippen LogP contribution is -2.32. The third-order valence-electron chi connectivity index (χ3n) is 5.87. The van der Waals surface area contributed by atoms with Gasteiger partial charge in [0.25, 0.3) is 10.1 Å². The number of rotatable bonds is 2. The Morgan fingerprint density at radius 1 is 1.18 bits per heavy atom. The minimum atomic E-state index is -4.18. The largest absolute Gasteiger partial charge is 0.294 e. The molecule has 0 aromatic heterocycles. The van der Waals surface area contributed by atoms with Crippen molar-refractivity contribution in [2.45, 2.75) is 38.5 Å². The molecule has 118 valence electrons. The van der Waals surface area contributed by atoms with Gasteiger partial charge in [-0.25, -0.2) is 0 Å². The van der Waals surface area contributed by atoms with Crippen molar-refractivity contribution in [2.24, 2.45) is 16.7 Å². The number of ketones is 1.